The molecule has 1 aliphatic heterocycles. The van der Waals surface area contributed by atoms with Crippen molar-refractivity contribution < 1.29 is 34.0 Å². The van der Waals surface area contributed by atoms with Crippen molar-refractivity contribution in [3.8, 4) is 17.2 Å². The fourth-order valence-corrected chi connectivity index (χ4v) is 4.25. The number of phenolic OH excluding ortho intramolecular Hbond substituents is 1. The monoisotopic (exact) mass is 497 g/mol. The third-order valence-electron chi connectivity index (χ3n) is 6.09. The van der Waals surface area contributed by atoms with Crippen molar-refractivity contribution in [2.45, 2.75) is 46.1 Å². The van der Waals surface area contributed by atoms with E-state index in [0.717, 1.165) is 18.4 Å². The van der Waals surface area contributed by atoms with E-state index >= 15 is 0 Å². The number of aromatic hydroxyl groups is 1. The van der Waals surface area contributed by atoms with Crippen LogP contribution in [0.15, 0.2) is 42.0 Å². The smallest absolute Gasteiger partial charge is 0.295 e. The van der Waals surface area contributed by atoms with Crippen LogP contribution in [0.25, 0.3) is 5.76 Å². The maximum atomic E-state index is 13.2. The van der Waals surface area contributed by atoms with Crippen LogP contribution in [-0.2, 0) is 14.3 Å². The lowest BCUT2D eigenvalue weighted by Gasteiger charge is -2.26. The van der Waals surface area contributed by atoms with Gasteiger partial charge in [0.05, 0.1) is 24.8 Å². The number of aliphatic hydroxyl groups excluding tert-OH is 1. The van der Waals surface area contributed by atoms with Gasteiger partial charge in [0.15, 0.2) is 11.5 Å². The van der Waals surface area contributed by atoms with E-state index in [0.29, 0.717) is 43.1 Å². The first-order valence-electron chi connectivity index (χ1n) is 12.3. The molecule has 0 spiro atoms. The Balaban J connectivity index is 2.08. The summed E-state index contributed by atoms with van der Waals surface area (Å²) in [6, 6.07) is 9.03. The number of methoxy groups -OCH3 is 1. The Morgan fingerprint density at radius 2 is 1.78 bits per heavy atom. The lowest BCUT2D eigenvalue weighted by Crippen LogP contribution is -2.31. The number of hydrogen-bond donors (Lipinski definition) is 2. The van der Waals surface area contributed by atoms with Crippen molar-refractivity contribution in [1.29, 1.82) is 0 Å². The van der Waals surface area contributed by atoms with Crippen molar-refractivity contribution in [3.63, 3.8) is 0 Å². The number of phenols is 1. The Hall–Kier alpha value is -3.52. The largest absolute Gasteiger partial charge is 0.507 e. The highest BCUT2D eigenvalue weighted by molar-refractivity contribution is 6.46. The van der Waals surface area contributed by atoms with Crippen LogP contribution < -0.4 is 9.47 Å². The zero-order chi connectivity index (χ0) is 26.2. The van der Waals surface area contributed by atoms with Crippen LogP contribution in [0.4, 0.5) is 0 Å². The number of nitrogens with zero attached hydrogens (tertiary/aromatic N) is 1. The second-order valence-electron chi connectivity index (χ2n) is 8.68. The molecule has 0 radical (unpaired) electrons. The molecule has 1 saturated heterocycles. The molecule has 1 unspecified atom stereocenters. The number of rotatable bonds is 12. The number of aryl methyl sites for hydroxylation is 1. The van der Waals surface area contributed by atoms with Gasteiger partial charge in [-0.25, -0.2) is 0 Å². The van der Waals surface area contributed by atoms with E-state index in [9.17, 15) is 19.8 Å². The van der Waals surface area contributed by atoms with Crippen LogP contribution >= 0.6 is 0 Å². The van der Waals surface area contributed by atoms with E-state index in [-0.39, 0.29) is 29.4 Å². The number of carbonyl (C=O) groups excluding carboxylic acids is 2. The van der Waals surface area contributed by atoms with Crippen molar-refractivity contribution in [3.05, 3.63) is 58.7 Å². The molecule has 0 aromatic heterocycles. The summed E-state index contributed by atoms with van der Waals surface area (Å²) in [6.45, 7) is 7.34. The van der Waals surface area contributed by atoms with Crippen molar-refractivity contribution in [2.75, 3.05) is 33.5 Å². The van der Waals surface area contributed by atoms with Gasteiger partial charge >= 0.3 is 0 Å². The Morgan fingerprint density at radius 3 is 2.44 bits per heavy atom. The molecule has 8 nitrogen and oxygen atoms in total. The number of unbranched alkanes of at least 4 members (excludes halogenated alkanes) is 1. The first kappa shape index (κ1) is 27.1. The third kappa shape index (κ3) is 5.82. The van der Waals surface area contributed by atoms with Gasteiger partial charge in [0.2, 0.25) is 0 Å². The molecule has 0 bridgehead atoms. The van der Waals surface area contributed by atoms with Gasteiger partial charge in [0.25, 0.3) is 11.7 Å². The molecule has 194 valence electrons. The zero-order valence-corrected chi connectivity index (χ0v) is 21.4. The molecule has 2 N–H and O–H groups in total. The van der Waals surface area contributed by atoms with Crippen LogP contribution in [0.5, 0.6) is 17.2 Å². The van der Waals surface area contributed by atoms with Crippen LogP contribution in [0.1, 0.15) is 55.8 Å². The number of likely N-dealkylation sites (tertiary alicyclic amines) is 1. The lowest BCUT2D eigenvalue weighted by molar-refractivity contribution is -0.140. The fourth-order valence-electron chi connectivity index (χ4n) is 4.25. The summed E-state index contributed by atoms with van der Waals surface area (Å²) in [6.07, 6.45) is 2.47. The topological polar surface area (TPSA) is 106 Å². The minimum absolute atomic E-state index is 0.00962. The molecule has 1 atom stereocenters. The Labute approximate surface area is 212 Å². The predicted molar refractivity (Wildman–Crippen MR) is 136 cm³/mol. The summed E-state index contributed by atoms with van der Waals surface area (Å²) in [7, 11) is 1.57. The summed E-state index contributed by atoms with van der Waals surface area (Å²) in [4.78, 5) is 27.7. The molecule has 0 aliphatic carbocycles. The number of ether oxygens (including phenoxy) is 3. The van der Waals surface area contributed by atoms with E-state index in [1.54, 1.807) is 44.4 Å². The van der Waals surface area contributed by atoms with Crippen LogP contribution in [0.3, 0.4) is 0 Å². The van der Waals surface area contributed by atoms with Crippen molar-refractivity contribution in [1.82, 2.24) is 4.90 Å². The fraction of sp³-hybridized carbons (Fsp3) is 0.429. The zero-order valence-electron chi connectivity index (χ0n) is 21.4. The van der Waals surface area contributed by atoms with Gasteiger partial charge < -0.3 is 29.3 Å². The van der Waals surface area contributed by atoms with Crippen LogP contribution in [0.2, 0.25) is 0 Å². The quantitative estimate of drug-likeness (QED) is 0.189. The molecule has 1 fully saturated rings. The summed E-state index contributed by atoms with van der Waals surface area (Å²) in [5.74, 6) is -0.826. The predicted octanol–water partition coefficient (Wildman–Crippen LogP) is 4.74. The molecule has 1 amide bonds. The van der Waals surface area contributed by atoms with E-state index in [2.05, 4.69) is 6.92 Å². The van der Waals surface area contributed by atoms with Gasteiger partial charge in [-0.15, -0.1) is 0 Å². The number of hydrogen-bond acceptors (Lipinski definition) is 7. The standard InChI is InChI=1S/C28H35NO7/c1-5-7-15-36-22-12-10-20(16-18(22)3)26(31)24-25(19-9-11-21(30)23(17-19)35-6-2)29(13-8-14-34-4)28(33)27(24)32/h9-12,16-17,25,30-31H,5-8,13-15H2,1-4H3. The lowest BCUT2D eigenvalue weighted by atomic mass is 9.94. The van der Waals surface area contributed by atoms with Crippen molar-refractivity contribution in [2.24, 2.45) is 0 Å². The van der Waals surface area contributed by atoms with E-state index in [1.807, 2.05) is 6.92 Å². The summed E-state index contributed by atoms with van der Waals surface area (Å²) >= 11 is 0. The molecule has 1 aliphatic rings. The molecule has 8 heteroatoms. The number of amides is 1. The highest BCUT2D eigenvalue weighted by Gasteiger charge is 2.46. The molecule has 0 saturated carbocycles. The average molecular weight is 498 g/mol. The number of ketones is 1. The highest BCUT2D eigenvalue weighted by atomic mass is 16.5. The van der Waals surface area contributed by atoms with Gasteiger partial charge in [-0.05, 0) is 68.1 Å². The van der Waals surface area contributed by atoms with Gasteiger partial charge in [-0.1, -0.05) is 19.4 Å². The minimum atomic E-state index is -0.845. The second-order valence-corrected chi connectivity index (χ2v) is 8.68. The summed E-state index contributed by atoms with van der Waals surface area (Å²) in [5, 5.41) is 21.5. The molecule has 36 heavy (non-hydrogen) atoms. The normalized spacial score (nSPS) is 17.0. The summed E-state index contributed by atoms with van der Waals surface area (Å²) < 4.78 is 16.5. The van der Waals surface area contributed by atoms with E-state index < -0.39 is 17.7 Å². The molecular formula is C28H35NO7. The van der Waals surface area contributed by atoms with Gasteiger partial charge in [0, 0.05) is 25.8 Å². The van der Waals surface area contributed by atoms with E-state index in [1.165, 1.54) is 11.0 Å². The molecule has 2 aromatic rings. The Bertz CT molecular complexity index is 1120. The number of carbonyl (C=O) groups is 2. The first-order valence-corrected chi connectivity index (χ1v) is 12.3. The summed E-state index contributed by atoms with van der Waals surface area (Å²) in [5.41, 5.74) is 1.76. The van der Waals surface area contributed by atoms with Crippen molar-refractivity contribution >= 4 is 17.4 Å². The number of Topliss-reactive ketones (excluding diaryl/α,β-unsaturated/α-hetero) is 1. The number of aliphatic hydroxyl groups is 1. The van der Waals surface area contributed by atoms with Crippen LogP contribution in [0, 0.1) is 6.92 Å². The molecule has 2 aromatic carbocycles. The van der Waals surface area contributed by atoms with Gasteiger partial charge in [-0.2, -0.15) is 0 Å². The second kappa shape index (κ2) is 12.4. The highest BCUT2D eigenvalue weighted by Crippen LogP contribution is 2.42. The van der Waals surface area contributed by atoms with Gasteiger partial charge in [0.1, 0.15) is 11.5 Å². The van der Waals surface area contributed by atoms with E-state index in [4.69, 9.17) is 14.2 Å². The Kier molecular flexibility index (Phi) is 9.36. The SMILES string of the molecule is CCCCOc1ccc(C(O)=C2C(=O)C(=O)N(CCCOC)C2c2ccc(O)c(OCC)c2)cc1C. The minimum Gasteiger partial charge on any atom is -0.507 e. The van der Waals surface area contributed by atoms with Gasteiger partial charge in [-0.3, -0.25) is 9.59 Å². The average Bonchev–Trinajstić information content (AvgIpc) is 3.11. The maximum absolute atomic E-state index is 13.2. The van der Waals surface area contributed by atoms with Crippen LogP contribution in [-0.4, -0.2) is 60.3 Å². The number of benzene rings is 2. The Morgan fingerprint density at radius 1 is 1.00 bits per heavy atom. The molecular weight excluding hydrogens is 462 g/mol. The molecule has 3 rings (SSSR count). The maximum Gasteiger partial charge on any atom is 0.295 e. The first-order chi connectivity index (χ1) is 17.3. The molecule has 1 heterocycles. The third-order valence-corrected chi connectivity index (χ3v) is 6.09.